The van der Waals surface area contributed by atoms with Gasteiger partial charge in [0.2, 0.25) is 0 Å². The number of likely N-dealkylation sites (tertiary alicyclic amines) is 1. The van der Waals surface area contributed by atoms with E-state index in [0.29, 0.717) is 39.3 Å². The molecule has 2 rings (SSSR count). The summed E-state index contributed by atoms with van der Waals surface area (Å²) in [5, 5.41) is 9.52. The van der Waals surface area contributed by atoms with Gasteiger partial charge in [-0.05, 0) is 19.3 Å². The lowest BCUT2D eigenvalue weighted by Gasteiger charge is -2.36. The number of urea groups is 1. The van der Waals surface area contributed by atoms with E-state index >= 15 is 0 Å². The first-order valence-corrected chi connectivity index (χ1v) is 7.25. The van der Waals surface area contributed by atoms with Crippen molar-refractivity contribution < 1.29 is 19.4 Å². The largest absolute Gasteiger partial charge is 0.481 e. The van der Waals surface area contributed by atoms with Gasteiger partial charge in [-0.25, -0.2) is 4.79 Å². The number of carbonyl (C=O) groups is 2. The lowest BCUT2D eigenvalue weighted by molar-refractivity contribution is -0.150. The quantitative estimate of drug-likeness (QED) is 0.828. The molecule has 0 aliphatic carbocycles. The first kappa shape index (κ1) is 15.1. The summed E-state index contributed by atoms with van der Waals surface area (Å²) in [6, 6.07) is -0.000275. The minimum absolute atomic E-state index is 0.0138. The van der Waals surface area contributed by atoms with Gasteiger partial charge in [-0.1, -0.05) is 13.8 Å². The standard InChI is InChI=1S/C14H24N2O4/c1-10(2)14(12(17)18)4-5-15(9-14)13(19)16-6-7-20-8-11(16)3/h10-11H,4-9H2,1-3H3,(H,17,18). The maximum Gasteiger partial charge on any atom is 0.320 e. The third-order valence-corrected chi connectivity index (χ3v) is 4.72. The summed E-state index contributed by atoms with van der Waals surface area (Å²) < 4.78 is 5.34. The molecule has 0 radical (unpaired) electrons. The van der Waals surface area contributed by atoms with Crippen LogP contribution >= 0.6 is 0 Å². The van der Waals surface area contributed by atoms with Crippen molar-refractivity contribution in [2.75, 3.05) is 32.8 Å². The summed E-state index contributed by atoms with van der Waals surface area (Å²) >= 11 is 0. The Labute approximate surface area is 119 Å². The Morgan fingerprint density at radius 3 is 2.55 bits per heavy atom. The molecule has 2 aliphatic rings. The van der Waals surface area contributed by atoms with Crippen molar-refractivity contribution in [1.29, 1.82) is 0 Å². The monoisotopic (exact) mass is 284 g/mol. The zero-order valence-electron chi connectivity index (χ0n) is 12.5. The Balaban J connectivity index is 2.08. The third-order valence-electron chi connectivity index (χ3n) is 4.72. The van der Waals surface area contributed by atoms with E-state index in [4.69, 9.17) is 4.74 Å². The maximum atomic E-state index is 12.5. The van der Waals surface area contributed by atoms with Crippen molar-refractivity contribution in [3.63, 3.8) is 0 Å². The molecule has 2 atom stereocenters. The number of carboxylic acids is 1. The number of ether oxygens (including phenoxy) is 1. The average Bonchev–Trinajstić information content (AvgIpc) is 2.85. The number of amides is 2. The second kappa shape index (κ2) is 5.60. The maximum absolute atomic E-state index is 12.5. The van der Waals surface area contributed by atoms with Crippen LogP contribution in [0.1, 0.15) is 27.2 Å². The normalized spacial score (nSPS) is 30.9. The molecular weight excluding hydrogens is 260 g/mol. The molecule has 2 heterocycles. The van der Waals surface area contributed by atoms with Crippen LogP contribution in [-0.4, -0.2) is 65.8 Å². The van der Waals surface area contributed by atoms with Gasteiger partial charge >= 0.3 is 12.0 Å². The summed E-state index contributed by atoms with van der Waals surface area (Å²) in [4.78, 5) is 27.6. The van der Waals surface area contributed by atoms with Crippen LogP contribution in [0.2, 0.25) is 0 Å². The van der Waals surface area contributed by atoms with E-state index < -0.39 is 11.4 Å². The highest BCUT2D eigenvalue weighted by Crippen LogP contribution is 2.38. The van der Waals surface area contributed by atoms with Crippen LogP contribution in [0.15, 0.2) is 0 Å². The molecule has 2 saturated heterocycles. The Morgan fingerprint density at radius 1 is 1.35 bits per heavy atom. The number of aliphatic carboxylic acids is 1. The molecule has 20 heavy (non-hydrogen) atoms. The summed E-state index contributed by atoms with van der Waals surface area (Å²) in [5.74, 6) is -0.780. The zero-order valence-corrected chi connectivity index (χ0v) is 12.5. The Kier molecular flexibility index (Phi) is 4.22. The number of rotatable bonds is 2. The number of hydrogen-bond acceptors (Lipinski definition) is 3. The fourth-order valence-corrected chi connectivity index (χ4v) is 3.08. The van der Waals surface area contributed by atoms with E-state index in [1.54, 1.807) is 9.80 Å². The molecule has 0 bridgehead atoms. The Morgan fingerprint density at radius 2 is 2.05 bits per heavy atom. The van der Waals surface area contributed by atoms with E-state index in [2.05, 4.69) is 0 Å². The van der Waals surface area contributed by atoms with E-state index in [-0.39, 0.29) is 18.0 Å². The topological polar surface area (TPSA) is 70.1 Å². The van der Waals surface area contributed by atoms with Crippen molar-refractivity contribution in [3.8, 4) is 0 Å². The van der Waals surface area contributed by atoms with Crippen LogP contribution in [0.3, 0.4) is 0 Å². The zero-order chi connectivity index (χ0) is 14.9. The molecule has 0 aromatic rings. The van der Waals surface area contributed by atoms with Gasteiger partial charge in [0.1, 0.15) is 0 Å². The predicted octanol–water partition coefficient (Wildman–Crippen LogP) is 1.26. The average molecular weight is 284 g/mol. The Bertz CT molecular complexity index is 399. The minimum Gasteiger partial charge on any atom is -0.481 e. The second-order valence-electron chi connectivity index (χ2n) is 6.19. The smallest absolute Gasteiger partial charge is 0.320 e. The van der Waals surface area contributed by atoms with Crippen molar-refractivity contribution in [3.05, 3.63) is 0 Å². The van der Waals surface area contributed by atoms with E-state index in [1.165, 1.54) is 0 Å². The number of carboxylic acid groups (broad SMARTS) is 1. The van der Waals surface area contributed by atoms with Gasteiger partial charge in [0.05, 0.1) is 24.7 Å². The van der Waals surface area contributed by atoms with Crippen LogP contribution in [0, 0.1) is 11.3 Å². The van der Waals surface area contributed by atoms with Gasteiger partial charge in [0, 0.05) is 19.6 Å². The fraction of sp³-hybridized carbons (Fsp3) is 0.857. The van der Waals surface area contributed by atoms with Crippen LogP contribution < -0.4 is 0 Å². The van der Waals surface area contributed by atoms with Gasteiger partial charge in [0.25, 0.3) is 0 Å². The highest BCUT2D eigenvalue weighted by Gasteiger charge is 2.49. The summed E-state index contributed by atoms with van der Waals surface area (Å²) in [6.45, 7) is 8.31. The summed E-state index contributed by atoms with van der Waals surface area (Å²) in [6.07, 6.45) is 0.532. The predicted molar refractivity (Wildman–Crippen MR) is 73.5 cm³/mol. The molecule has 2 unspecified atom stereocenters. The van der Waals surface area contributed by atoms with E-state index in [9.17, 15) is 14.7 Å². The lowest BCUT2D eigenvalue weighted by atomic mass is 9.76. The number of nitrogens with zero attached hydrogens (tertiary/aromatic N) is 2. The SMILES string of the molecule is CC1COCCN1C(=O)N1CCC(C(=O)O)(C(C)C)C1. The molecule has 114 valence electrons. The molecule has 0 aromatic heterocycles. The van der Waals surface area contributed by atoms with Crippen molar-refractivity contribution in [2.45, 2.75) is 33.2 Å². The molecule has 2 amide bonds. The molecule has 2 fully saturated rings. The van der Waals surface area contributed by atoms with Crippen LogP contribution in [0.4, 0.5) is 4.79 Å². The molecule has 1 N–H and O–H groups in total. The van der Waals surface area contributed by atoms with Crippen molar-refractivity contribution in [1.82, 2.24) is 9.80 Å². The van der Waals surface area contributed by atoms with Gasteiger partial charge in [-0.2, -0.15) is 0 Å². The van der Waals surface area contributed by atoms with Gasteiger partial charge in [0.15, 0.2) is 0 Å². The van der Waals surface area contributed by atoms with Gasteiger partial charge in [-0.3, -0.25) is 4.79 Å². The van der Waals surface area contributed by atoms with Crippen LogP contribution in [0.25, 0.3) is 0 Å². The molecule has 2 aliphatic heterocycles. The summed E-state index contributed by atoms with van der Waals surface area (Å²) in [7, 11) is 0. The molecular formula is C14H24N2O4. The molecule has 6 nitrogen and oxygen atoms in total. The number of morpholine rings is 1. The summed E-state index contributed by atoms with van der Waals surface area (Å²) in [5.41, 5.74) is -0.800. The molecule has 0 aromatic carbocycles. The second-order valence-corrected chi connectivity index (χ2v) is 6.19. The van der Waals surface area contributed by atoms with E-state index in [1.807, 2.05) is 20.8 Å². The number of carbonyl (C=O) groups excluding carboxylic acids is 1. The van der Waals surface area contributed by atoms with Crippen LogP contribution in [0.5, 0.6) is 0 Å². The third kappa shape index (κ3) is 2.49. The molecule has 6 heteroatoms. The van der Waals surface area contributed by atoms with Crippen molar-refractivity contribution in [2.24, 2.45) is 11.3 Å². The van der Waals surface area contributed by atoms with Gasteiger partial charge in [-0.15, -0.1) is 0 Å². The lowest BCUT2D eigenvalue weighted by Crippen LogP contribution is -2.53. The van der Waals surface area contributed by atoms with Gasteiger partial charge < -0.3 is 19.6 Å². The molecule has 0 spiro atoms. The first-order valence-electron chi connectivity index (χ1n) is 7.25. The first-order chi connectivity index (χ1) is 9.38. The van der Waals surface area contributed by atoms with Crippen molar-refractivity contribution >= 4 is 12.0 Å². The fourth-order valence-electron chi connectivity index (χ4n) is 3.08. The minimum atomic E-state index is -0.800. The van der Waals surface area contributed by atoms with Crippen LogP contribution in [-0.2, 0) is 9.53 Å². The highest BCUT2D eigenvalue weighted by atomic mass is 16.5. The van der Waals surface area contributed by atoms with E-state index in [0.717, 1.165) is 0 Å². The highest BCUT2D eigenvalue weighted by molar-refractivity contribution is 5.80. The number of hydrogen-bond donors (Lipinski definition) is 1. The Hall–Kier alpha value is -1.30. The molecule has 0 saturated carbocycles.